The van der Waals surface area contributed by atoms with Crippen LogP contribution in [0.25, 0.3) is 0 Å². The molecule has 3 aromatic rings. The van der Waals surface area contributed by atoms with Gasteiger partial charge in [-0.2, -0.15) is 0 Å². The van der Waals surface area contributed by atoms with Gasteiger partial charge in [0.25, 0.3) is 5.91 Å². The van der Waals surface area contributed by atoms with E-state index in [0.29, 0.717) is 16.8 Å². The Morgan fingerprint density at radius 3 is 2.09 bits per heavy atom. The first-order valence-electron chi connectivity index (χ1n) is 10.1. The van der Waals surface area contributed by atoms with Gasteiger partial charge in [-0.05, 0) is 67.3 Å². The molecule has 1 aliphatic rings. The largest absolute Gasteiger partial charge is 0.502 e. The second-order valence-corrected chi connectivity index (χ2v) is 10.3. The minimum Gasteiger partial charge on any atom is -0.502 e. The van der Waals surface area contributed by atoms with Crippen molar-refractivity contribution in [2.24, 2.45) is 0 Å². The van der Waals surface area contributed by atoms with Crippen LogP contribution in [-0.4, -0.2) is 31.5 Å². The molecule has 33 heavy (non-hydrogen) atoms. The Balaban J connectivity index is 1.91. The van der Waals surface area contributed by atoms with Crippen LogP contribution in [-0.2, 0) is 14.6 Å². The number of benzene rings is 3. The van der Waals surface area contributed by atoms with Crippen LogP contribution in [0.3, 0.4) is 0 Å². The van der Waals surface area contributed by atoms with E-state index in [1.165, 1.54) is 35.7 Å². The molecule has 1 heterocycles. The molecular weight excluding hydrogens is 458 g/mol. The fourth-order valence-corrected chi connectivity index (χ4v) is 5.85. The summed E-state index contributed by atoms with van der Waals surface area (Å²) in [6.07, 6.45) is 1.92. The maximum atomic E-state index is 13.6. The van der Waals surface area contributed by atoms with Gasteiger partial charge in [-0.25, -0.2) is 8.42 Å². The van der Waals surface area contributed by atoms with Gasteiger partial charge >= 0.3 is 0 Å². The van der Waals surface area contributed by atoms with Gasteiger partial charge in [-0.1, -0.05) is 30.3 Å². The first-order chi connectivity index (χ1) is 15.8. The van der Waals surface area contributed by atoms with Gasteiger partial charge in [-0.15, -0.1) is 11.8 Å². The van der Waals surface area contributed by atoms with E-state index in [1.807, 2.05) is 18.4 Å². The summed E-state index contributed by atoms with van der Waals surface area (Å²) in [6.45, 7) is 1.43. The quantitative estimate of drug-likeness (QED) is 0.398. The zero-order chi connectivity index (χ0) is 23.8. The molecular formula is C25H21NO5S2. The predicted octanol–water partition coefficient (Wildman–Crippen LogP) is 4.94. The Hall–Kier alpha value is -3.36. The number of carbonyl (C=O) groups is 2. The van der Waals surface area contributed by atoms with Crippen LogP contribution in [0.5, 0.6) is 0 Å². The minimum absolute atomic E-state index is 0.0149. The molecule has 0 saturated heterocycles. The van der Waals surface area contributed by atoms with Crippen LogP contribution in [0.1, 0.15) is 28.9 Å². The highest BCUT2D eigenvalue weighted by Gasteiger charge is 2.47. The molecule has 0 fully saturated rings. The number of thioether (sulfide) groups is 1. The normalized spacial score (nSPS) is 16.4. The molecule has 1 amide bonds. The highest BCUT2D eigenvalue weighted by molar-refractivity contribution is 7.98. The summed E-state index contributed by atoms with van der Waals surface area (Å²) in [5.74, 6) is -1.76. The van der Waals surface area contributed by atoms with Gasteiger partial charge in [0.1, 0.15) is 10.9 Å². The third-order valence-electron chi connectivity index (χ3n) is 5.49. The molecule has 3 aromatic carbocycles. The molecule has 0 spiro atoms. The first-order valence-corrected chi connectivity index (χ1v) is 12.8. The predicted molar refractivity (Wildman–Crippen MR) is 128 cm³/mol. The van der Waals surface area contributed by atoms with Crippen molar-refractivity contribution in [2.45, 2.75) is 22.8 Å². The number of aliphatic hydroxyl groups is 1. The van der Waals surface area contributed by atoms with Crippen molar-refractivity contribution >= 4 is 39.0 Å². The lowest BCUT2D eigenvalue weighted by Gasteiger charge is -2.27. The Morgan fingerprint density at radius 1 is 0.939 bits per heavy atom. The minimum atomic E-state index is -4.19. The Morgan fingerprint density at radius 2 is 1.55 bits per heavy atom. The van der Waals surface area contributed by atoms with Crippen molar-refractivity contribution < 1.29 is 23.1 Å². The number of hydrogen-bond acceptors (Lipinski definition) is 6. The zero-order valence-electron chi connectivity index (χ0n) is 17.9. The molecule has 1 aliphatic heterocycles. The fourth-order valence-electron chi connectivity index (χ4n) is 3.79. The van der Waals surface area contributed by atoms with Gasteiger partial charge in [0.15, 0.2) is 11.5 Å². The van der Waals surface area contributed by atoms with Gasteiger partial charge in [0.2, 0.25) is 9.84 Å². The van der Waals surface area contributed by atoms with E-state index >= 15 is 0 Å². The Bertz CT molecular complexity index is 1350. The van der Waals surface area contributed by atoms with E-state index in [4.69, 9.17) is 0 Å². The second-order valence-electron chi connectivity index (χ2n) is 7.48. The smallest absolute Gasteiger partial charge is 0.295 e. The third-order valence-corrected chi connectivity index (χ3v) is 8.12. The average Bonchev–Trinajstić information content (AvgIpc) is 3.10. The Kier molecular flexibility index (Phi) is 6.14. The topological polar surface area (TPSA) is 91.8 Å². The van der Waals surface area contributed by atoms with E-state index in [-0.39, 0.29) is 15.6 Å². The fraction of sp³-hybridized carbons (Fsp3) is 0.120. The molecule has 0 unspecified atom stereocenters. The number of carbonyl (C=O) groups excluding carboxylic acids is 2. The third kappa shape index (κ3) is 4.07. The molecule has 0 bridgehead atoms. The van der Waals surface area contributed by atoms with Crippen LogP contribution < -0.4 is 4.90 Å². The summed E-state index contributed by atoms with van der Waals surface area (Å²) in [5, 5.41) is 10.8. The van der Waals surface area contributed by atoms with Crippen molar-refractivity contribution in [1.29, 1.82) is 0 Å². The number of anilines is 1. The lowest BCUT2D eigenvalue weighted by molar-refractivity contribution is -0.117. The number of nitrogens with zero attached hydrogens (tertiary/aromatic N) is 1. The monoisotopic (exact) mass is 479 g/mol. The molecule has 0 saturated carbocycles. The van der Waals surface area contributed by atoms with Crippen LogP contribution in [0, 0.1) is 0 Å². The molecule has 1 atom stereocenters. The highest BCUT2D eigenvalue weighted by atomic mass is 32.2. The average molecular weight is 480 g/mol. The van der Waals surface area contributed by atoms with E-state index < -0.39 is 27.5 Å². The molecule has 168 valence electrons. The number of amides is 1. The molecule has 0 aliphatic carbocycles. The van der Waals surface area contributed by atoms with Crippen molar-refractivity contribution in [3.8, 4) is 0 Å². The standard InChI is InChI=1S/C25H21NO5S2/c1-16(27)17-8-12-19(13-9-17)26-22(18-10-14-20(32-2)15-11-18)24(23(28)25(26)29)33(30,31)21-6-4-3-5-7-21/h3-15,22,28H,1-2H3/t22-/m1/s1. The highest BCUT2D eigenvalue weighted by Crippen LogP contribution is 2.45. The van der Waals surface area contributed by atoms with Crippen molar-refractivity contribution in [2.75, 3.05) is 11.2 Å². The van der Waals surface area contributed by atoms with Gasteiger partial charge in [-0.3, -0.25) is 14.5 Å². The number of hydrogen-bond donors (Lipinski definition) is 1. The number of aliphatic hydroxyl groups excluding tert-OH is 1. The molecule has 4 rings (SSSR count). The summed E-state index contributed by atoms with van der Waals surface area (Å²) < 4.78 is 27.1. The SMILES string of the molecule is CSc1ccc([C@@H]2C(S(=O)(=O)c3ccccc3)=C(O)C(=O)N2c2ccc(C(C)=O)cc2)cc1. The molecule has 6 nitrogen and oxygen atoms in total. The molecule has 0 radical (unpaired) electrons. The second kappa shape index (κ2) is 8.88. The lowest BCUT2D eigenvalue weighted by Crippen LogP contribution is -2.31. The lowest BCUT2D eigenvalue weighted by atomic mass is 10.1. The van der Waals surface area contributed by atoms with Crippen LogP contribution in [0.2, 0.25) is 0 Å². The molecule has 1 N–H and O–H groups in total. The van der Waals surface area contributed by atoms with Crippen LogP contribution in [0.4, 0.5) is 5.69 Å². The van der Waals surface area contributed by atoms with E-state index in [1.54, 1.807) is 54.6 Å². The summed E-state index contributed by atoms with van der Waals surface area (Å²) >= 11 is 1.53. The summed E-state index contributed by atoms with van der Waals surface area (Å²) in [6, 6.07) is 20.1. The van der Waals surface area contributed by atoms with E-state index in [0.717, 1.165) is 4.90 Å². The maximum Gasteiger partial charge on any atom is 0.295 e. The number of rotatable bonds is 6. The van der Waals surface area contributed by atoms with E-state index in [9.17, 15) is 23.1 Å². The Labute approximate surface area is 196 Å². The maximum absolute atomic E-state index is 13.6. The van der Waals surface area contributed by atoms with Crippen LogP contribution >= 0.6 is 11.8 Å². The van der Waals surface area contributed by atoms with Gasteiger partial charge < -0.3 is 5.11 Å². The van der Waals surface area contributed by atoms with Gasteiger partial charge in [0, 0.05) is 16.1 Å². The summed E-state index contributed by atoms with van der Waals surface area (Å²) in [4.78, 5) is 26.7. The number of sulfone groups is 1. The summed E-state index contributed by atoms with van der Waals surface area (Å²) in [5.41, 5.74) is 1.37. The van der Waals surface area contributed by atoms with Gasteiger partial charge in [0.05, 0.1) is 4.90 Å². The molecule has 0 aromatic heterocycles. The van der Waals surface area contributed by atoms with Crippen molar-refractivity contribution in [3.63, 3.8) is 0 Å². The van der Waals surface area contributed by atoms with E-state index in [2.05, 4.69) is 0 Å². The first kappa shape index (κ1) is 22.8. The number of Topliss-reactive ketones (excluding diaryl/α,β-unsaturated/α-hetero) is 1. The van der Waals surface area contributed by atoms with Crippen molar-refractivity contribution in [1.82, 2.24) is 0 Å². The summed E-state index contributed by atoms with van der Waals surface area (Å²) in [7, 11) is -4.19. The zero-order valence-corrected chi connectivity index (χ0v) is 19.6. The number of ketones is 1. The molecule has 8 heteroatoms. The van der Waals surface area contributed by atoms with Crippen molar-refractivity contribution in [3.05, 3.63) is 101 Å². The van der Waals surface area contributed by atoms with Crippen LogP contribution in [0.15, 0.2) is 99.3 Å².